The van der Waals surface area contributed by atoms with Gasteiger partial charge < -0.3 is 10.5 Å². The van der Waals surface area contributed by atoms with E-state index in [1.165, 1.54) is 13.0 Å². The summed E-state index contributed by atoms with van der Waals surface area (Å²) in [4.78, 5) is 22.1. The summed E-state index contributed by atoms with van der Waals surface area (Å²) in [5.41, 5.74) is 5.27. The van der Waals surface area contributed by atoms with Crippen molar-refractivity contribution in [3.63, 3.8) is 0 Å². The van der Waals surface area contributed by atoms with Crippen molar-refractivity contribution < 1.29 is 14.3 Å². The van der Waals surface area contributed by atoms with E-state index in [0.29, 0.717) is 0 Å². The molecule has 0 aliphatic heterocycles. The molecule has 0 aromatic rings. The highest BCUT2D eigenvalue weighted by Crippen LogP contribution is 2.09. The smallest absolute Gasteiger partial charge is 0.328 e. The molecule has 1 rings (SSSR count). The molecular weight excluding hydrogens is 170 g/mol. The third kappa shape index (κ3) is 2.52. The van der Waals surface area contributed by atoms with Crippen molar-refractivity contribution in [2.45, 2.75) is 19.4 Å². The number of nitrogens with two attached hydrogens (primary N) is 1. The van der Waals surface area contributed by atoms with Gasteiger partial charge in [-0.1, -0.05) is 12.2 Å². The van der Waals surface area contributed by atoms with Crippen LogP contribution in [0.25, 0.3) is 0 Å². The van der Waals surface area contributed by atoms with Gasteiger partial charge in [0, 0.05) is 6.42 Å². The Labute approximate surface area is 76.1 Å². The molecule has 0 unspecified atom stereocenters. The molecule has 4 heteroatoms. The van der Waals surface area contributed by atoms with Crippen LogP contribution in [0.5, 0.6) is 0 Å². The number of allylic oxidation sites excluding steroid dienone is 4. The molecule has 0 spiro atoms. The first-order chi connectivity index (χ1) is 6.11. The summed E-state index contributed by atoms with van der Waals surface area (Å²) in [6, 6.07) is -0.709. The lowest BCUT2D eigenvalue weighted by Gasteiger charge is -2.10. The minimum atomic E-state index is -0.709. The number of hydrogen-bond donors (Lipinski definition) is 1. The summed E-state index contributed by atoms with van der Waals surface area (Å²) in [7, 11) is 0. The van der Waals surface area contributed by atoms with E-state index in [0.717, 1.165) is 0 Å². The van der Waals surface area contributed by atoms with Crippen LogP contribution in [0.2, 0.25) is 0 Å². The molecule has 0 heterocycles. The van der Waals surface area contributed by atoms with Gasteiger partial charge in [-0.05, 0) is 13.0 Å². The molecular formula is C9H11NO3. The van der Waals surface area contributed by atoms with Gasteiger partial charge in [-0.2, -0.15) is 0 Å². The van der Waals surface area contributed by atoms with Crippen LogP contribution in [0.4, 0.5) is 0 Å². The average Bonchev–Trinajstić information content (AvgIpc) is 2.08. The van der Waals surface area contributed by atoms with Gasteiger partial charge in [-0.25, -0.2) is 4.79 Å². The van der Waals surface area contributed by atoms with Crippen molar-refractivity contribution in [2.24, 2.45) is 5.73 Å². The molecule has 70 valence electrons. The van der Waals surface area contributed by atoms with E-state index in [9.17, 15) is 9.59 Å². The standard InChI is InChI=1S/C9H11NO3/c1-6(10)9(12)13-8-5-3-2-4-7(8)11/h2-3,5-6H,4,10H2,1H3/t6-/m0/s1. The molecule has 0 aromatic heterocycles. The minimum absolute atomic E-state index is 0.0739. The van der Waals surface area contributed by atoms with Crippen LogP contribution in [-0.2, 0) is 14.3 Å². The van der Waals surface area contributed by atoms with Gasteiger partial charge in [0.05, 0.1) is 0 Å². The molecule has 2 N–H and O–H groups in total. The number of Topliss-reactive ketones (excluding diaryl/α,β-unsaturated/α-hetero) is 1. The van der Waals surface area contributed by atoms with E-state index in [1.807, 2.05) is 0 Å². The molecule has 0 aromatic carbocycles. The number of hydrogen-bond acceptors (Lipinski definition) is 4. The van der Waals surface area contributed by atoms with Crippen LogP contribution in [0.15, 0.2) is 24.0 Å². The molecule has 0 radical (unpaired) electrons. The van der Waals surface area contributed by atoms with Crippen LogP contribution in [0, 0.1) is 0 Å². The Balaban J connectivity index is 2.63. The summed E-state index contributed by atoms with van der Waals surface area (Å²) in [6.45, 7) is 1.51. The molecule has 0 amide bonds. The fraction of sp³-hybridized carbons (Fsp3) is 0.333. The average molecular weight is 181 g/mol. The van der Waals surface area contributed by atoms with Crippen LogP contribution in [-0.4, -0.2) is 17.8 Å². The summed E-state index contributed by atoms with van der Waals surface area (Å²) in [5.74, 6) is -0.712. The van der Waals surface area contributed by atoms with E-state index in [-0.39, 0.29) is 18.0 Å². The lowest BCUT2D eigenvalue weighted by atomic mass is 10.1. The van der Waals surface area contributed by atoms with Crippen molar-refractivity contribution in [1.82, 2.24) is 0 Å². The number of esters is 1. The van der Waals surface area contributed by atoms with Gasteiger partial charge in [-0.15, -0.1) is 0 Å². The van der Waals surface area contributed by atoms with Crippen molar-refractivity contribution in [3.8, 4) is 0 Å². The monoisotopic (exact) mass is 181 g/mol. The molecule has 1 atom stereocenters. The Hall–Kier alpha value is -1.42. The van der Waals surface area contributed by atoms with Gasteiger partial charge in [0.2, 0.25) is 5.78 Å². The first-order valence-corrected chi connectivity index (χ1v) is 3.98. The van der Waals surface area contributed by atoms with Crippen molar-refractivity contribution in [2.75, 3.05) is 0 Å². The largest absolute Gasteiger partial charge is 0.422 e. The molecule has 13 heavy (non-hydrogen) atoms. The number of carbonyl (C=O) groups excluding carboxylic acids is 2. The van der Waals surface area contributed by atoms with Crippen LogP contribution in [0.1, 0.15) is 13.3 Å². The second-order valence-electron chi connectivity index (χ2n) is 2.80. The Bertz CT molecular complexity index is 289. The number of ketones is 1. The maximum atomic E-state index is 11.1. The number of carbonyl (C=O) groups is 2. The second kappa shape index (κ2) is 4.00. The van der Waals surface area contributed by atoms with Crippen LogP contribution in [0.3, 0.4) is 0 Å². The van der Waals surface area contributed by atoms with E-state index >= 15 is 0 Å². The summed E-state index contributed by atoms with van der Waals surface area (Å²) in [6.07, 6.45) is 5.11. The molecule has 0 bridgehead atoms. The highest BCUT2D eigenvalue weighted by molar-refractivity contribution is 5.98. The highest BCUT2D eigenvalue weighted by atomic mass is 16.5. The summed E-state index contributed by atoms with van der Waals surface area (Å²) >= 11 is 0. The van der Waals surface area contributed by atoms with Crippen molar-refractivity contribution >= 4 is 11.8 Å². The number of ether oxygens (including phenoxy) is 1. The first kappa shape index (κ1) is 9.67. The lowest BCUT2D eigenvalue weighted by molar-refractivity contribution is -0.143. The van der Waals surface area contributed by atoms with Crippen LogP contribution < -0.4 is 5.73 Å². The first-order valence-electron chi connectivity index (χ1n) is 3.98. The predicted octanol–water partition coefficient (Wildman–Crippen LogP) is 0.290. The molecule has 0 saturated carbocycles. The zero-order valence-corrected chi connectivity index (χ0v) is 7.32. The predicted molar refractivity (Wildman–Crippen MR) is 46.6 cm³/mol. The summed E-state index contributed by atoms with van der Waals surface area (Å²) < 4.78 is 4.76. The molecule has 1 aliphatic rings. The number of rotatable bonds is 2. The Kier molecular flexibility index (Phi) is 2.97. The van der Waals surface area contributed by atoms with Crippen molar-refractivity contribution in [1.29, 1.82) is 0 Å². The third-order valence-corrected chi connectivity index (χ3v) is 1.54. The topological polar surface area (TPSA) is 69.4 Å². The van der Waals surface area contributed by atoms with E-state index < -0.39 is 12.0 Å². The lowest BCUT2D eigenvalue weighted by Crippen LogP contribution is -2.29. The molecule has 0 fully saturated rings. The fourth-order valence-electron chi connectivity index (χ4n) is 0.816. The zero-order valence-electron chi connectivity index (χ0n) is 7.32. The quantitative estimate of drug-likeness (QED) is 0.621. The van der Waals surface area contributed by atoms with E-state index in [1.54, 1.807) is 12.2 Å². The molecule has 0 saturated heterocycles. The second-order valence-corrected chi connectivity index (χ2v) is 2.80. The third-order valence-electron chi connectivity index (χ3n) is 1.54. The Morgan fingerprint density at radius 3 is 2.92 bits per heavy atom. The highest BCUT2D eigenvalue weighted by Gasteiger charge is 2.17. The maximum Gasteiger partial charge on any atom is 0.328 e. The fourth-order valence-corrected chi connectivity index (χ4v) is 0.816. The molecule has 4 nitrogen and oxygen atoms in total. The minimum Gasteiger partial charge on any atom is -0.422 e. The van der Waals surface area contributed by atoms with Crippen LogP contribution >= 0.6 is 0 Å². The van der Waals surface area contributed by atoms with Gasteiger partial charge in [-0.3, -0.25) is 4.79 Å². The zero-order chi connectivity index (χ0) is 9.84. The maximum absolute atomic E-state index is 11.1. The van der Waals surface area contributed by atoms with Crippen molar-refractivity contribution in [3.05, 3.63) is 24.0 Å². The van der Waals surface area contributed by atoms with E-state index in [2.05, 4.69) is 0 Å². The van der Waals surface area contributed by atoms with Gasteiger partial charge in [0.25, 0.3) is 0 Å². The van der Waals surface area contributed by atoms with Gasteiger partial charge in [0.1, 0.15) is 6.04 Å². The van der Waals surface area contributed by atoms with E-state index in [4.69, 9.17) is 10.5 Å². The Morgan fingerprint density at radius 2 is 2.38 bits per heavy atom. The molecule has 1 aliphatic carbocycles. The van der Waals surface area contributed by atoms with Gasteiger partial charge >= 0.3 is 5.97 Å². The summed E-state index contributed by atoms with van der Waals surface area (Å²) in [5, 5.41) is 0. The SMILES string of the molecule is C[C@H](N)C(=O)OC1=CC=CCC1=O. The Morgan fingerprint density at radius 1 is 1.69 bits per heavy atom. The normalized spacial score (nSPS) is 18.0. The van der Waals surface area contributed by atoms with Gasteiger partial charge in [0.15, 0.2) is 5.76 Å².